The Kier molecular flexibility index (Phi) is 3.19. The van der Waals surface area contributed by atoms with E-state index in [1.54, 1.807) is 24.3 Å². The van der Waals surface area contributed by atoms with E-state index in [1.165, 1.54) is 17.1 Å². The molecule has 0 saturated carbocycles. The third kappa shape index (κ3) is 2.45. The van der Waals surface area contributed by atoms with E-state index >= 15 is 0 Å². The number of ether oxygens (including phenoxy) is 2. The highest BCUT2D eigenvalue weighted by molar-refractivity contribution is 5.63. The van der Waals surface area contributed by atoms with E-state index < -0.39 is 11.7 Å². The lowest BCUT2D eigenvalue weighted by molar-refractivity contribution is -0.137. The fourth-order valence-electron chi connectivity index (χ4n) is 2.48. The summed E-state index contributed by atoms with van der Waals surface area (Å²) in [5, 5.41) is 4.05. The number of hydrogen-bond acceptors (Lipinski definition) is 4. The van der Waals surface area contributed by atoms with Crippen molar-refractivity contribution in [3.05, 3.63) is 54.4 Å². The van der Waals surface area contributed by atoms with E-state index in [0.29, 0.717) is 22.9 Å². The van der Waals surface area contributed by atoms with Crippen LogP contribution in [-0.4, -0.2) is 21.6 Å². The monoisotopic (exact) mass is 333 g/mol. The van der Waals surface area contributed by atoms with E-state index in [4.69, 9.17) is 9.47 Å². The number of nitrogens with zero attached hydrogens (tertiary/aromatic N) is 3. The molecular formula is C16H10F3N3O2. The van der Waals surface area contributed by atoms with E-state index in [0.717, 1.165) is 12.1 Å². The first-order valence-electron chi connectivity index (χ1n) is 7.00. The van der Waals surface area contributed by atoms with E-state index in [2.05, 4.69) is 10.1 Å². The number of fused-ring (bicyclic) bond motifs is 1. The van der Waals surface area contributed by atoms with Gasteiger partial charge in [-0.3, -0.25) is 0 Å². The maximum Gasteiger partial charge on any atom is 0.416 e. The van der Waals surface area contributed by atoms with E-state index in [9.17, 15) is 13.2 Å². The predicted molar refractivity (Wildman–Crippen MR) is 77.9 cm³/mol. The van der Waals surface area contributed by atoms with Crippen LogP contribution in [0.15, 0.2) is 48.8 Å². The Morgan fingerprint density at radius 3 is 2.67 bits per heavy atom. The minimum Gasteiger partial charge on any atom is -0.454 e. The molecule has 0 atom stereocenters. The minimum atomic E-state index is -4.42. The van der Waals surface area contributed by atoms with Gasteiger partial charge in [0.2, 0.25) is 6.79 Å². The zero-order valence-corrected chi connectivity index (χ0v) is 12.1. The summed E-state index contributed by atoms with van der Waals surface area (Å²) < 4.78 is 50.6. The van der Waals surface area contributed by atoms with E-state index in [-0.39, 0.29) is 12.5 Å². The smallest absolute Gasteiger partial charge is 0.416 e. The molecule has 1 aromatic heterocycles. The SMILES string of the molecule is FC(F)(F)c1cccc(-n2ncnc2-c2ccc3c(c2)OCO3)c1. The molecule has 8 heteroatoms. The van der Waals surface area contributed by atoms with Gasteiger partial charge in [-0.15, -0.1) is 0 Å². The van der Waals surface area contributed by atoms with Crippen molar-refractivity contribution in [2.45, 2.75) is 6.18 Å². The van der Waals surface area contributed by atoms with Gasteiger partial charge in [-0.2, -0.15) is 18.3 Å². The van der Waals surface area contributed by atoms with Crippen LogP contribution in [0, 0.1) is 0 Å². The average molecular weight is 333 g/mol. The molecule has 0 amide bonds. The van der Waals surface area contributed by atoms with Gasteiger partial charge in [-0.25, -0.2) is 9.67 Å². The molecule has 0 spiro atoms. The van der Waals surface area contributed by atoms with Crippen molar-refractivity contribution in [3.63, 3.8) is 0 Å². The highest BCUT2D eigenvalue weighted by Crippen LogP contribution is 2.36. The first kappa shape index (κ1) is 14.6. The maximum atomic E-state index is 12.9. The van der Waals surface area contributed by atoms with Crippen molar-refractivity contribution in [1.29, 1.82) is 0 Å². The van der Waals surface area contributed by atoms with Gasteiger partial charge in [0.25, 0.3) is 0 Å². The Labute approximate surface area is 134 Å². The van der Waals surface area contributed by atoms with Gasteiger partial charge < -0.3 is 9.47 Å². The van der Waals surface area contributed by atoms with E-state index in [1.807, 2.05) is 0 Å². The molecular weight excluding hydrogens is 323 g/mol. The summed E-state index contributed by atoms with van der Waals surface area (Å²) in [6, 6.07) is 10.1. The summed E-state index contributed by atoms with van der Waals surface area (Å²) in [4.78, 5) is 4.15. The summed E-state index contributed by atoms with van der Waals surface area (Å²) in [7, 11) is 0. The van der Waals surface area contributed by atoms with Crippen molar-refractivity contribution in [2.24, 2.45) is 0 Å². The zero-order valence-electron chi connectivity index (χ0n) is 12.1. The molecule has 2 aromatic carbocycles. The largest absolute Gasteiger partial charge is 0.454 e. The Bertz CT molecular complexity index is 906. The summed E-state index contributed by atoms with van der Waals surface area (Å²) in [5.74, 6) is 1.59. The maximum absolute atomic E-state index is 12.9. The highest BCUT2D eigenvalue weighted by atomic mass is 19.4. The Morgan fingerprint density at radius 1 is 1.00 bits per heavy atom. The third-order valence-corrected chi connectivity index (χ3v) is 3.60. The van der Waals surface area contributed by atoms with Crippen LogP contribution < -0.4 is 9.47 Å². The van der Waals surface area contributed by atoms with Crippen LogP contribution in [0.2, 0.25) is 0 Å². The van der Waals surface area contributed by atoms with Crippen LogP contribution in [0.1, 0.15) is 5.56 Å². The topological polar surface area (TPSA) is 49.2 Å². The molecule has 3 aromatic rings. The molecule has 0 N–H and O–H groups in total. The second-order valence-corrected chi connectivity index (χ2v) is 5.11. The van der Waals surface area contributed by atoms with Crippen LogP contribution in [0.3, 0.4) is 0 Å². The molecule has 0 aliphatic carbocycles. The number of halogens is 3. The van der Waals surface area contributed by atoms with Crippen molar-refractivity contribution in [3.8, 4) is 28.6 Å². The fraction of sp³-hybridized carbons (Fsp3) is 0.125. The standard InChI is InChI=1S/C16H10F3N3O2/c17-16(18,19)11-2-1-3-12(7-11)22-15(20-8-21-22)10-4-5-13-14(6-10)24-9-23-13/h1-8H,9H2. The molecule has 5 nitrogen and oxygen atoms in total. The quantitative estimate of drug-likeness (QED) is 0.718. The normalized spacial score (nSPS) is 13.3. The minimum absolute atomic E-state index is 0.138. The van der Waals surface area contributed by atoms with Crippen LogP contribution in [-0.2, 0) is 6.18 Å². The lowest BCUT2D eigenvalue weighted by atomic mass is 10.1. The first-order chi connectivity index (χ1) is 11.5. The molecule has 122 valence electrons. The van der Waals surface area contributed by atoms with Crippen LogP contribution in [0.4, 0.5) is 13.2 Å². The van der Waals surface area contributed by atoms with Crippen LogP contribution >= 0.6 is 0 Å². The third-order valence-electron chi connectivity index (χ3n) is 3.60. The van der Waals surface area contributed by atoms with Crippen molar-refractivity contribution < 1.29 is 22.6 Å². The molecule has 1 aliphatic rings. The molecule has 0 fully saturated rings. The van der Waals surface area contributed by atoms with Crippen LogP contribution in [0.25, 0.3) is 17.1 Å². The number of rotatable bonds is 2. The molecule has 4 rings (SSSR count). The highest BCUT2D eigenvalue weighted by Gasteiger charge is 2.30. The lowest BCUT2D eigenvalue weighted by Crippen LogP contribution is -2.07. The molecule has 0 unspecified atom stereocenters. The fourth-order valence-corrected chi connectivity index (χ4v) is 2.48. The average Bonchev–Trinajstić information content (AvgIpc) is 3.22. The van der Waals surface area contributed by atoms with Gasteiger partial charge in [0.05, 0.1) is 11.3 Å². The van der Waals surface area contributed by atoms with Gasteiger partial charge >= 0.3 is 6.18 Å². The summed E-state index contributed by atoms with van der Waals surface area (Å²) in [6.07, 6.45) is -3.13. The molecule has 0 saturated heterocycles. The van der Waals surface area contributed by atoms with Crippen molar-refractivity contribution in [1.82, 2.24) is 14.8 Å². The molecule has 1 aliphatic heterocycles. The second-order valence-electron chi connectivity index (χ2n) is 5.11. The zero-order chi connectivity index (χ0) is 16.7. The van der Waals surface area contributed by atoms with Gasteiger partial charge in [0, 0.05) is 5.56 Å². The number of hydrogen-bond donors (Lipinski definition) is 0. The second kappa shape index (κ2) is 5.26. The summed E-state index contributed by atoms with van der Waals surface area (Å²) in [5.41, 5.74) is 0.191. The van der Waals surface area contributed by atoms with Gasteiger partial charge in [0.1, 0.15) is 6.33 Å². The van der Waals surface area contributed by atoms with Crippen molar-refractivity contribution in [2.75, 3.05) is 6.79 Å². The first-order valence-corrected chi connectivity index (χ1v) is 7.00. The number of aromatic nitrogens is 3. The Morgan fingerprint density at radius 2 is 1.83 bits per heavy atom. The molecule has 0 bridgehead atoms. The van der Waals surface area contributed by atoms with Gasteiger partial charge in [0.15, 0.2) is 17.3 Å². The van der Waals surface area contributed by atoms with Gasteiger partial charge in [-0.1, -0.05) is 6.07 Å². The molecule has 24 heavy (non-hydrogen) atoms. The molecule has 2 heterocycles. The Hall–Kier alpha value is -3.03. The van der Waals surface area contributed by atoms with Crippen molar-refractivity contribution >= 4 is 0 Å². The van der Waals surface area contributed by atoms with Gasteiger partial charge in [-0.05, 0) is 36.4 Å². The van der Waals surface area contributed by atoms with Crippen LogP contribution in [0.5, 0.6) is 11.5 Å². The molecule has 0 radical (unpaired) electrons. The predicted octanol–water partition coefficient (Wildman–Crippen LogP) is 3.68. The number of alkyl halides is 3. The lowest BCUT2D eigenvalue weighted by Gasteiger charge is -2.10. The summed E-state index contributed by atoms with van der Waals surface area (Å²) >= 11 is 0. The Balaban J connectivity index is 1.78. The summed E-state index contributed by atoms with van der Waals surface area (Å²) in [6.45, 7) is 0.138. The number of benzene rings is 2.